The van der Waals surface area contributed by atoms with Crippen molar-refractivity contribution in [2.75, 3.05) is 5.32 Å². The van der Waals surface area contributed by atoms with Gasteiger partial charge in [-0.05, 0) is 13.0 Å². The van der Waals surface area contributed by atoms with Gasteiger partial charge in [0.25, 0.3) is 0 Å². The lowest BCUT2D eigenvalue weighted by molar-refractivity contribution is 0.868. The maximum atomic E-state index is 5.66. The largest absolute Gasteiger partial charge is 0.389 e. The van der Waals surface area contributed by atoms with E-state index in [9.17, 15) is 0 Å². The van der Waals surface area contributed by atoms with Gasteiger partial charge in [0.2, 0.25) is 0 Å². The van der Waals surface area contributed by atoms with E-state index in [2.05, 4.69) is 15.3 Å². The van der Waals surface area contributed by atoms with E-state index in [4.69, 9.17) is 18.0 Å². The van der Waals surface area contributed by atoms with Crippen LogP contribution < -0.4 is 11.1 Å². The summed E-state index contributed by atoms with van der Waals surface area (Å²) < 4.78 is 0. The molecule has 2 rings (SSSR count). The van der Waals surface area contributed by atoms with Crippen LogP contribution in [0.15, 0.2) is 30.0 Å². The van der Waals surface area contributed by atoms with Crippen molar-refractivity contribution in [3.05, 3.63) is 40.6 Å². The van der Waals surface area contributed by atoms with E-state index >= 15 is 0 Å². The number of hydrogen-bond donors (Lipinski definition) is 2. The fourth-order valence-electron chi connectivity index (χ4n) is 1.47. The first kappa shape index (κ1) is 11.9. The molecule has 88 valence electrons. The van der Waals surface area contributed by atoms with Crippen molar-refractivity contribution < 1.29 is 0 Å². The van der Waals surface area contributed by atoms with Gasteiger partial charge in [0.05, 0.1) is 17.9 Å². The van der Waals surface area contributed by atoms with Crippen LogP contribution >= 0.6 is 23.6 Å². The van der Waals surface area contributed by atoms with E-state index in [0.29, 0.717) is 4.99 Å². The molecule has 0 bridgehead atoms. The number of thiazole rings is 1. The van der Waals surface area contributed by atoms with Gasteiger partial charge in [-0.2, -0.15) is 0 Å². The molecule has 0 saturated heterocycles. The molecule has 6 heteroatoms. The maximum Gasteiger partial charge on any atom is 0.115 e. The van der Waals surface area contributed by atoms with Crippen molar-refractivity contribution in [1.29, 1.82) is 0 Å². The zero-order chi connectivity index (χ0) is 12.3. The fourth-order valence-corrected chi connectivity index (χ4v) is 2.29. The minimum absolute atomic E-state index is 0.104. The first-order valence-electron chi connectivity index (χ1n) is 5.08. The zero-order valence-electron chi connectivity index (χ0n) is 9.25. The van der Waals surface area contributed by atoms with Crippen LogP contribution in [-0.4, -0.2) is 15.0 Å². The highest BCUT2D eigenvalue weighted by atomic mass is 32.1. The number of thiocarbonyl (C=S) groups is 1. The number of nitrogens with zero attached hydrogens (tertiary/aromatic N) is 2. The Labute approximate surface area is 109 Å². The van der Waals surface area contributed by atoms with Crippen LogP contribution in [0.1, 0.15) is 23.5 Å². The van der Waals surface area contributed by atoms with Crippen molar-refractivity contribution in [1.82, 2.24) is 9.97 Å². The topological polar surface area (TPSA) is 63.8 Å². The standard InChI is InChI=1S/C11H12N4S2/c1-7(11-14-4-5-17-11)15-9-6-13-3-2-8(9)10(12)16/h2-7,15H,1H3,(H2,12,16). The molecule has 4 nitrogen and oxygen atoms in total. The molecule has 0 aliphatic carbocycles. The third-order valence-electron chi connectivity index (χ3n) is 2.28. The van der Waals surface area contributed by atoms with Gasteiger partial charge in [0, 0.05) is 23.3 Å². The highest BCUT2D eigenvalue weighted by Crippen LogP contribution is 2.22. The molecule has 2 heterocycles. The summed E-state index contributed by atoms with van der Waals surface area (Å²) >= 11 is 6.61. The SMILES string of the molecule is CC(Nc1cnccc1C(N)=S)c1nccs1. The lowest BCUT2D eigenvalue weighted by atomic mass is 10.2. The Hall–Kier alpha value is -1.53. The second-order valence-corrected chi connectivity index (χ2v) is 4.89. The van der Waals surface area contributed by atoms with Gasteiger partial charge in [-0.3, -0.25) is 4.98 Å². The van der Waals surface area contributed by atoms with Gasteiger partial charge >= 0.3 is 0 Å². The van der Waals surface area contributed by atoms with Crippen LogP contribution in [0.25, 0.3) is 0 Å². The van der Waals surface area contributed by atoms with Crippen molar-refractivity contribution >= 4 is 34.2 Å². The predicted octanol–water partition coefficient (Wildman–Crippen LogP) is 2.35. The smallest absolute Gasteiger partial charge is 0.115 e. The summed E-state index contributed by atoms with van der Waals surface area (Å²) in [5, 5.41) is 6.28. The molecule has 3 N–H and O–H groups in total. The van der Waals surface area contributed by atoms with Gasteiger partial charge in [0.1, 0.15) is 10.00 Å². The molecular formula is C11H12N4S2. The van der Waals surface area contributed by atoms with Gasteiger partial charge < -0.3 is 11.1 Å². The predicted molar refractivity (Wildman–Crippen MR) is 74.3 cm³/mol. The number of anilines is 1. The van der Waals surface area contributed by atoms with E-state index in [1.807, 2.05) is 12.3 Å². The van der Waals surface area contributed by atoms with Gasteiger partial charge in [-0.25, -0.2) is 4.98 Å². The van der Waals surface area contributed by atoms with Crippen LogP contribution in [0.4, 0.5) is 5.69 Å². The van der Waals surface area contributed by atoms with E-state index in [-0.39, 0.29) is 6.04 Å². The molecule has 2 aromatic rings. The fraction of sp³-hybridized carbons (Fsp3) is 0.182. The molecule has 0 amide bonds. The minimum atomic E-state index is 0.104. The van der Waals surface area contributed by atoms with Gasteiger partial charge in [-0.15, -0.1) is 11.3 Å². The number of aromatic nitrogens is 2. The average Bonchev–Trinajstić information content (AvgIpc) is 2.83. The normalized spacial score (nSPS) is 12.1. The van der Waals surface area contributed by atoms with E-state index < -0.39 is 0 Å². The maximum absolute atomic E-state index is 5.66. The third-order valence-corrected chi connectivity index (χ3v) is 3.46. The lowest BCUT2D eigenvalue weighted by Gasteiger charge is -2.15. The molecule has 0 aromatic carbocycles. The summed E-state index contributed by atoms with van der Waals surface area (Å²) in [5.41, 5.74) is 7.30. The summed E-state index contributed by atoms with van der Waals surface area (Å²) in [5.74, 6) is 0. The molecule has 0 spiro atoms. The van der Waals surface area contributed by atoms with E-state index in [1.54, 1.807) is 36.0 Å². The van der Waals surface area contributed by atoms with Crippen molar-refractivity contribution in [3.63, 3.8) is 0 Å². The molecule has 1 unspecified atom stereocenters. The summed E-state index contributed by atoms with van der Waals surface area (Å²) in [7, 11) is 0. The molecule has 0 fully saturated rings. The molecule has 0 saturated carbocycles. The quantitative estimate of drug-likeness (QED) is 0.830. The summed E-state index contributed by atoms with van der Waals surface area (Å²) in [6.07, 6.45) is 5.18. The monoisotopic (exact) mass is 264 g/mol. The molecular weight excluding hydrogens is 252 g/mol. The van der Waals surface area contributed by atoms with Crippen LogP contribution in [0.2, 0.25) is 0 Å². The summed E-state index contributed by atoms with van der Waals surface area (Å²) in [4.78, 5) is 8.69. The second kappa shape index (κ2) is 5.20. The highest BCUT2D eigenvalue weighted by Gasteiger charge is 2.11. The van der Waals surface area contributed by atoms with Crippen LogP contribution in [-0.2, 0) is 0 Å². The Kier molecular flexibility index (Phi) is 3.65. The molecule has 0 radical (unpaired) electrons. The Morgan fingerprint density at radius 2 is 2.35 bits per heavy atom. The number of hydrogen-bond acceptors (Lipinski definition) is 5. The summed E-state index contributed by atoms with van der Waals surface area (Å²) in [6.45, 7) is 2.04. The lowest BCUT2D eigenvalue weighted by Crippen LogP contribution is -2.15. The minimum Gasteiger partial charge on any atom is -0.389 e. The second-order valence-electron chi connectivity index (χ2n) is 3.52. The molecule has 2 aromatic heterocycles. The van der Waals surface area contributed by atoms with Crippen molar-refractivity contribution in [2.45, 2.75) is 13.0 Å². The number of nitrogens with two attached hydrogens (primary N) is 1. The zero-order valence-corrected chi connectivity index (χ0v) is 10.9. The van der Waals surface area contributed by atoms with Gasteiger partial charge in [-0.1, -0.05) is 12.2 Å². The van der Waals surface area contributed by atoms with Crippen molar-refractivity contribution in [3.8, 4) is 0 Å². The molecule has 17 heavy (non-hydrogen) atoms. The average molecular weight is 264 g/mol. The Balaban J connectivity index is 2.21. The van der Waals surface area contributed by atoms with Crippen LogP contribution in [0.5, 0.6) is 0 Å². The number of nitrogens with one attached hydrogen (secondary N) is 1. The summed E-state index contributed by atoms with van der Waals surface area (Å²) in [6, 6.07) is 1.91. The van der Waals surface area contributed by atoms with E-state index in [0.717, 1.165) is 16.3 Å². The highest BCUT2D eigenvalue weighted by molar-refractivity contribution is 7.80. The first-order chi connectivity index (χ1) is 8.18. The van der Waals surface area contributed by atoms with Crippen molar-refractivity contribution in [2.24, 2.45) is 5.73 Å². The Morgan fingerprint density at radius 1 is 1.53 bits per heavy atom. The molecule has 0 aliphatic rings. The molecule has 1 atom stereocenters. The Bertz CT molecular complexity index is 510. The Morgan fingerprint density at radius 3 is 3.00 bits per heavy atom. The number of rotatable bonds is 4. The number of pyridine rings is 1. The molecule has 0 aliphatic heterocycles. The third kappa shape index (κ3) is 2.78. The van der Waals surface area contributed by atoms with Crippen LogP contribution in [0, 0.1) is 0 Å². The van der Waals surface area contributed by atoms with Gasteiger partial charge in [0.15, 0.2) is 0 Å². The van der Waals surface area contributed by atoms with Crippen LogP contribution in [0.3, 0.4) is 0 Å². The van der Waals surface area contributed by atoms with E-state index in [1.165, 1.54) is 0 Å². The first-order valence-corrected chi connectivity index (χ1v) is 6.37.